The van der Waals surface area contributed by atoms with Crippen LogP contribution in [0.25, 0.3) is 0 Å². The minimum atomic E-state index is -3.73. The van der Waals surface area contributed by atoms with Gasteiger partial charge in [0.1, 0.15) is 4.90 Å². The summed E-state index contributed by atoms with van der Waals surface area (Å²) in [5.74, 6) is -0.788. The number of carboxylic acid groups (broad SMARTS) is 1. The van der Waals surface area contributed by atoms with Gasteiger partial charge >= 0.3 is 5.97 Å². The second kappa shape index (κ2) is 4.92. The average molecular weight is 352 g/mol. The Hall–Kier alpha value is -0.860. The van der Waals surface area contributed by atoms with Crippen LogP contribution in [0.2, 0.25) is 0 Å². The van der Waals surface area contributed by atoms with Gasteiger partial charge in [-0.05, 0) is 34.2 Å². The summed E-state index contributed by atoms with van der Waals surface area (Å²) < 4.78 is 30.6. The molecular weight excluding hydrogens is 338 g/mol. The second-order valence-corrected chi connectivity index (χ2v) is 7.55. The summed E-state index contributed by atoms with van der Waals surface area (Å²) in [5.41, 5.74) is 0. The zero-order valence-electron chi connectivity index (χ0n) is 10.5. The third kappa shape index (κ3) is 2.85. The highest BCUT2D eigenvalue weighted by atomic mass is 79.9. The first kappa shape index (κ1) is 14.5. The zero-order valence-corrected chi connectivity index (χ0v) is 12.9. The number of nitrogens with zero attached hydrogens (tertiary/aromatic N) is 1. The van der Waals surface area contributed by atoms with Gasteiger partial charge in [0.2, 0.25) is 15.8 Å². The van der Waals surface area contributed by atoms with Crippen molar-refractivity contribution in [3.63, 3.8) is 0 Å². The maximum atomic E-state index is 12.3. The van der Waals surface area contributed by atoms with Crippen molar-refractivity contribution in [1.82, 2.24) is 4.31 Å². The number of furan rings is 1. The molecule has 1 saturated carbocycles. The van der Waals surface area contributed by atoms with Crippen LogP contribution in [-0.4, -0.2) is 37.4 Å². The lowest BCUT2D eigenvalue weighted by atomic mass is 10.3. The normalized spacial score (nSPS) is 22.7. The molecule has 1 aromatic rings. The van der Waals surface area contributed by atoms with E-state index in [0.29, 0.717) is 18.4 Å². The van der Waals surface area contributed by atoms with Gasteiger partial charge in [-0.25, -0.2) is 17.5 Å². The molecule has 1 heterocycles. The minimum Gasteiger partial charge on any atom is -0.475 e. The van der Waals surface area contributed by atoms with Gasteiger partial charge in [-0.1, -0.05) is 6.92 Å². The van der Waals surface area contributed by atoms with E-state index in [1.54, 1.807) is 0 Å². The van der Waals surface area contributed by atoms with Crippen molar-refractivity contribution in [1.29, 1.82) is 0 Å². The molecule has 2 unspecified atom stereocenters. The fraction of sp³-hybridized carbons (Fsp3) is 0.545. The quantitative estimate of drug-likeness (QED) is 0.876. The molecule has 0 bridgehead atoms. The van der Waals surface area contributed by atoms with Crippen molar-refractivity contribution in [3.8, 4) is 0 Å². The third-order valence-corrected chi connectivity index (χ3v) is 6.00. The van der Waals surface area contributed by atoms with Crippen LogP contribution in [-0.2, 0) is 10.0 Å². The monoisotopic (exact) mass is 351 g/mol. The van der Waals surface area contributed by atoms with E-state index in [1.807, 2.05) is 0 Å². The molecule has 0 saturated heterocycles. The number of carboxylic acids is 1. The number of sulfonamides is 1. The number of aromatic carboxylic acids is 1. The molecule has 1 N–H and O–H groups in total. The van der Waals surface area contributed by atoms with Crippen LogP contribution in [0.15, 0.2) is 20.0 Å². The molecule has 2 atom stereocenters. The molecular formula is C11H14BrNO5S. The van der Waals surface area contributed by atoms with Gasteiger partial charge in [-0.3, -0.25) is 0 Å². The fourth-order valence-electron chi connectivity index (χ4n) is 1.88. The van der Waals surface area contributed by atoms with Crippen molar-refractivity contribution < 1.29 is 22.7 Å². The number of halogens is 1. The molecule has 19 heavy (non-hydrogen) atoms. The van der Waals surface area contributed by atoms with Gasteiger partial charge in [-0.2, -0.15) is 0 Å². The maximum absolute atomic E-state index is 12.3. The molecule has 6 nitrogen and oxygen atoms in total. The largest absolute Gasteiger partial charge is 0.475 e. The second-order valence-electron chi connectivity index (χ2n) is 4.81. The Kier molecular flexibility index (Phi) is 3.76. The molecule has 1 aliphatic rings. The van der Waals surface area contributed by atoms with E-state index in [1.165, 1.54) is 11.4 Å². The molecule has 8 heteroatoms. The molecule has 0 radical (unpaired) electrons. The summed E-state index contributed by atoms with van der Waals surface area (Å²) in [6.07, 6.45) is 1.02. The average Bonchev–Trinajstić information content (AvgIpc) is 2.84. The van der Waals surface area contributed by atoms with E-state index >= 15 is 0 Å². The van der Waals surface area contributed by atoms with Crippen LogP contribution in [0.3, 0.4) is 0 Å². The minimum absolute atomic E-state index is 0.0828. The van der Waals surface area contributed by atoms with Gasteiger partial charge in [-0.15, -0.1) is 0 Å². The van der Waals surface area contributed by atoms with E-state index in [4.69, 9.17) is 9.52 Å². The molecule has 0 aromatic carbocycles. The van der Waals surface area contributed by atoms with Gasteiger partial charge in [0, 0.05) is 19.7 Å². The molecule has 2 rings (SSSR count). The molecule has 0 amide bonds. The summed E-state index contributed by atoms with van der Waals surface area (Å²) in [7, 11) is -2.25. The number of hydrogen-bond donors (Lipinski definition) is 1. The Morgan fingerprint density at radius 2 is 2.21 bits per heavy atom. The van der Waals surface area contributed by atoms with Crippen LogP contribution in [0.1, 0.15) is 23.9 Å². The lowest BCUT2D eigenvalue weighted by molar-refractivity contribution is 0.0661. The molecule has 106 valence electrons. The summed E-state index contributed by atoms with van der Waals surface area (Å²) in [6.45, 7) is 2.50. The van der Waals surface area contributed by atoms with Crippen LogP contribution in [0, 0.1) is 11.8 Å². The van der Waals surface area contributed by atoms with E-state index < -0.39 is 21.8 Å². The topological polar surface area (TPSA) is 87.8 Å². The smallest absolute Gasteiger partial charge is 0.371 e. The van der Waals surface area contributed by atoms with Crippen molar-refractivity contribution in [2.75, 3.05) is 13.6 Å². The van der Waals surface area contributed by atoms with Gasteiger partial charge < -0.3 is 9.52 Å². The number of rotatable bonds is 5. The molecule has 1 fully saturated rings. The zero-order chi connectivity index (χ0) is 14.4. The van der Waals surface area contributed by atoms with Crippen molar-refractivity contribution in [3.05, 3.63) is 16.5 Å². The highest BCUT2D eigenvalue weighted by Gasteiger charge is 2.37. The SMILES string of the molecule is CC1CC1CN(C)S(=O)(=O)c1cc(C(=O)O)oc1Br. The van der Waals surface area contributed by atoms with Gasteiger partial charge in [0.25, 0.3) is 0 Å². The molecule has 1 aliphatic carbocycles. The van der Waals surface area contributed by atoms with Crippen molar-refractivity contribution in [2.24, 2.45) is 11.8 Å². The summed E-state index contributed by atoms with van der Waals surface area (Å²) >= 11 is 2.95. The van der Waals surface area contributed by atoms with E-state index in [9.17, 15) is 13.2 Å². The van der Waals surface area contributed by atoms with Crippen LogP contribution >= 0.6 is 15.9 Å². The van der Waals surface area contributed by atoms with Crippen LogP contribution < -0.4 is 0 Å². The first-order chi connectivity index (χ1) is 8.73. The van der Waals surface area contributed by atoms with Gasteiger partial charge in [0.05, 0.1) is 0 Å². The Balaban J connectivity index is 2.25. The molecule has 0 aliphatic heterocycles. The Labute approximate surface area is 119 Å². The van der Waals surface area contributed by atoms with Crippen molar-refractivity contribution in [2.45, 2.75) is 18.2 Å². The fourth-order valence-corrected chi connectivity index (χ4v) is 4.01. The summed E-state index contributed by atoms with van der Waals surface area (Å²) in [6, 6.07) is 1.02. The first-order valence-corrected chi connectivity index (χ1v) is 7.95. The van der Waals surface area contributed by atoms with E-state index in [2.05, 4.69) is 22.9 Å². The number of hydrogen-bond acceptors (Lipinski definition) is 4. The summed E-state index contributed by atoms with van der Waals surface area (Å²) in [5, 5.41) is 8.79. The van der Waals surface area contributed by atoms with E-state index in [0.717, 1.165) is 12.5 Å². The Bertz CT molecular complexity index is 609. The Morgan fingerprint density at radius 1 is 1.63 bits per heavy atom. The van der Waals surface area contributed by atoms with Crippen molar-refractivity contribution >= 4 is 31.9 Å². The number of carbonyl (C=O) groups is 1. The van der Waals surface area contributed by atoms with Gasteiger partial charge in [0.15, 0.2) is 4.67 Å². The lowest BCUT2D eigenvalue weighted by Gasteiger charge is -2.15. The highest BCUT2D eigenvalue weighted by molar-refractivity contribution is 9.10. The standard InChI is InChI=1S/C11H14BrNO5S/c1-6-3-7(6)5-13(2)19(16,17)9-4-8(11(14)15)18-10(9)12/h4,6-7H,3,5H2,1-2H3,(H,14,15). The predicted molar refractivity (Wildman–Crippen MR) is 70.5 cm³/mol. The lowest BCUT2D eigenvalue weighted by Crippen LogP contribution is -2.29. The maximum Gasteiger partial charge on any atom is 0.371 e. The summed E-state index contributed by atoms with van der Waals surface area (Å²) in [4.78, 5) is 10.6. The third-order valence-electron chi connectivity index (χ3n) is 3.32. The first-order valence-electron chi connectivity index (χ1n) is 5.72. The molecule has 0 spiro atoms. The predicted octanol–water partition coefficient (Wildman–Crippen LogP) is 2.02. The van der Waals surface area contributed by atoms with E-state index in [-0.39, 0.29) is 9.56 Å². The van der Waals surface area contributed by atoms with Crippen LogP contribution in [0.5, 0.6) is 0 Å². The molecule has 1 aromatic heterocycles. The van der Waals surface area contributed by atoms with Crippen LogP contribution in [0.4, 0.5) is 0 Å². The Morgan fingerprint density at radius 3 is 2.63 bits per heavy atom. The highest BCUT2D eigenvalue weighted by Crippen LogP contribution is 2.39.